The van der Waals surface area contributed by atoms with E-state index in [4.69, 9.17) is 23.2 Å². The number of carbonyl (C=O) groups excluding carboxylic acids is 1. The smallest absolute Gasteiger partial charge is 0.252 e. The zero-order chi connectivity index (χ0) is 12.8. The van der Waals surface area contributed by atoms with E-state index in [-0.39, 0.29) is 5.91 Å². The van der Waals surface area contributed by atoms with E-state index >= 15 is 0 Å². The van der Waals surface area contributed by atoms with Gasteiger partial charge in [-0.25, -0.2) is 0 Å². The van der Waals surface area contributed by atoms with Crippen molar-refractivity contribution >= 4 is 29.1 Å². The number of nitrogens with one attached hydrogen (secondary N) is 1. The fraction of sp³-hybridized carbons (Fsp3) is 0.462. The van der Waals surface area contributed by atoms with Crippen LogP contribution in [0.4, 0.5) is 0 Å². The first-order valence-corrected chi connectivity index (χ1v) is 6.57. The zero-order valence-corrected chi connectivity index (χ0v) is 11.6. The molecule has 0 spiro atoms. The van der Waals surface area contributed by atoms with Crippen molar-refractivity contribution in [1.82, 2.24) is 5.32 Å². The monoisotopic (exact) mass is 273 g/mol. The van der Waals surface area contributed by atoms with Crippen molar-refractivity contribution in [2.75, 3.05) is 6.54 Å². The highest BCUT2D eigenvalue weighted by Gasteiger charge is 2.12. The molecule has 1 aromatic carbocycles. The minimum atomic E-state index is -0.163. The van der Waals surface area contributed by atoms with Crippen molar-refractivity contribution in [3.05, 3.63) is 33.8 Å². The summed E-state index contributed by atoms with van der Waals surface area (Å²) in [5, 5.41) is 3.83. The van der Waals surface area contributed by atoms with Gasteiger partial charge in [-0.15, -0.1) is 0 Å². The molecule has 2 nitrogen and oxygen atoms in total. The Morgan fingerprint density at radius 2 is 1.94 bits per heavy atom. The summed E-state index contributed by atoms with van der Waals surface area (Å²) in [6.45, 7) is 4.91. The van der Waals surface area contributed by atoms with Gasteiger partial charge in [-0.1, -0.05) is 49.9 Å². The van der Waals surface area contributed by atoms with Crippen LogP contribution < -0.4 is 5.32 Å². The third-order valence-corrected chi connectivity index (χ3v) is 3.44. The van der Waals surface area contributed by atoms with Gasteiger partial charge in [-0.05, 0) is 24.1 Å². The van der Waals surface area contributed by atoms with E-state index in [2.05, 4.69) is 19.2 Å². The molecule has 1 rings (SSSR count). The van der Waals surface area contributed by atoms with E-state index in [1.54, 1.807) is 18.2 Å². The number of benzene rings is 1. The maximum Gasteiger partial charge on any atom is 0.252 e. The van der Waals surface area contributed by atoms with Gasteiger partial charge in [-0.3, -0.25) is 4.79 Å². The molecule has 0 aliphatic heterocycles. The van der Waals surface area contributed by atoms with Crippen molar-refractivity contribution in [3.8, 4) is 0 Å². The van der Waals surface area contributed by atoms with Gasteiger partial charge < -0.3 is 5.32 Å². The third-order valence-electron chi connectivity index (χ3n) is 2.88. The quantitative estimate of drug-likeness (QED) is 0.858. The van der Waals surface area contributed by atoms with Gasteiger partial charge in [0.25, 0.3) is 5.91 Å². The second-order valence-corrected chi connectivity index (χ2v) is 4.86. The summed E-state index contributed by atoms with van der Waals surface area (Å²) in [4.78, 5) is 11.9. The molecule has 0 saturated carbocycles. The average Bonchev–Trinajstić information content (AvgIpc) is 2.33. The van der Waals surface area contributed by atoms with Crippen LogP contribution in [0.3, 0.4) is 0 Å². The lowest BCUT2D eigenvalue weighted by Crippen LogP contribution is -2.29. The minimum absolute atomic E-state index is 0.163. The zero-order valence-electron chi connectivity index (χ0n) is 10.1. The molecule has 1 N–H and O–H groups in total. The molecule has 0 unspecified atom stereocenters. The molecule has 17 heavy (non-hydrogen) atoms. The van der Waals surface area contributed by atoms with Crippen LogP contribution in [0.1, 0.15) is 37.0 Å². The van der Waals surface area contributed by atoms with Crippen LogP contribution in [-0.4, -0.2) is 12.5 Å². The van der Waals surface area contributed by atoms with Crippen molar-refractivity contribution in [2.45, 2.75) is 26.7 Å². The Labute approximate surface area is 112 Å². The number of rotatable bonds is 5. The fourth-order valence-corrected chi connectivity index (χ4v) is 1.96. The summed E-state index contributed by atoms with van der Waals surface area (Å²) in [7, 11) is 0. The van der Waals surface area contributed by atoms with Crippen LogP contribution in [-0.2, 0) is 0 Å². The Morgan fingerprint density at radius 3 is 2.53 bits per heavy atom. The second-order valence-electron chi connectivity index (χ2n) is 4.02. The highest BCUT2D eigenvalue weighted by Crippen LogP contribution is 2.20. The molecule has 0 saturated heterocycles. The van der Waals surface area contributed by atoms with E-state index in [1.807, 2.05) is 0 Å². The lowest BCUT2D eigenvalue weighted by atomic mass is 10.0. The van der Waals surface area contributed by atoms with E-state index < -0.39 is 0 Å². The summed E-state index contributed by atoms with van der Waals surface area (Å²) < 4.78 is 0. The van der Waals surface area contributed by atoms with E-state index in [1.165, 1.54) is 0 Å². The topological polar surface area (TPSA) is 29.1 Å². The maximum absolute atomic E-state index is 11.9. The molecule has 0 fully saturated rings. The molecular weight excluding hydrogens is 257 g/mol. The third kappa shape index (κ3) is 4.21. The predicted octanol–water partition coefficient (Wildman–Crippen LogP) is 4.16. The number of halogens is 2. The summed E-state index contributed by atoms with van der Waals surface area (Å²) in [5.74, 6) is 0.348. The average molecular weight is 274 g/mol. The van der Waals surface area contributed by atoms with E-state index in [9.17, 15) is 4.79 Å². The normalized spacial score (nSPS) is 10.6. The SMILES string of the molecule is CCC(CC)CNC(=O)c1cc(Cl)ccc1Cl. The molecule has 4 heteroatoms. The summed E-state index contributed by atoms with van der Waals surface area (Å²) >= 11 is 11.8. The molecule has 1 aromatic rings. The van der Waals surface area contributed by atoms with Crippen molar-refractivity contribution in [3.63, 3.8) is 0 Å². The summed E-state index contributed by atoms with van der Waals surface area (Å²) in [6, 6.07) is 4.89. The van der Waals surface area contributed by atoms with Gasteiger partial charge in [0.15, 0.2) is 0 Å². The summed E-state index contributed by atoms with van der Waals surface area (Å²) in [5.41, 5.74) is 0.435. The lowest BCUT2D eigenvalue weighted by Gasteiger charge is -2.13. The van der Waals surface area contributed by atoms with Gasteiger partial charge in [0, 0.05) is 11.6 Å². The Morgan fingerprint density at radius 1 is 1.29 bits per heavy atom. The van der Waals surface area contributed by atoms with Gasteiger partial charge in [0.1, 0.15) is 0 Å². The minimum Gasteiger partial charge on any atom is -0.352 e. The maximum atomic E-state index is 11.9. The van der Waals surface area contributed by atoms with E-state index in [0.29, 0.717) is 28.1 Å². The van der Waals surface area contributed by atoms with Gasteiger partial charge in [-0.2, -0.15) is 0 Å². The van der Waals surface area contributed by atoms with Crippen molar-refractivity contribution in [2.24, 2.45) is 5.92 Å². The van der Waals surface area contributed by atoms with Crippen LogP contribution in [0, 0.1) is 5.92 Å². The number of hydrogen-bond donors (Lipinski definition) is 1. The standard InChI is InChI=1S/C13H17Cl2NO/c1-3-9(4-2)8-16-13(17)11-7-10(14)5-6-12(11)15/h5-7,9H,3-4,8H2,1-2H3,(H,16,17). The largest absolute Gasteiger partial charge is 0.352 e. The molecule has 0 aliphatic rings. The fourth-order valence-electron chi connectivity index (χ4n) is 1.58. The number of carbonyl (C=O) groups is 1. The molecule has 0 heterocycles. The molecular formula is C13H17Cl2NO. The molecule has 0 radical (unpaired) electrons. The number of amides is 1. The first-order valence-electron chi connectivity index (χ1n) is 5.81. The van der Waals surface area contributed by atoms with Crippen molar-refractivity contribution in [1.29, 1.82) is 0 Å². The second kappa shape index (κ2) is 6.87. The van der Waals surface area contributed by atoms with Crippen LogP contribution in [0.2, 0.25) is 10.0 Å². The Balaban J connectivity index is 2.66. The van der Waals surface area contributed by atoms with Crippen LogP contribution in [0.5, 0.6) is 0 Å². The van der Waals surface area contributed by atoms with Gasteiger partial charge in [0.2, 0.25) is 0 Å². The van der Waals surface area contributed by atoms with Gasteiger partial charge in [0.05, 0.1) is 10.6 Å². The Bertz CT molecular complexity index is 389. The molecule has 94 valence electrons. The first-order chi connectivity index (χ1) is 8.08. The first kappa shape index (κ1) is 14.3. The Kier molecular flexibility index (Phi) is 5.79. The molecule has 1 amide bonds. The highest BCUT2D eigenvalue weighted by molar-refractivity contribution is 6.35. The lowest BCUT2D eigenvalue weighted by molar-refractivity contribution is 0.0946. The van der Waals surface area contributed by atoms with Crippen molar-refractivity contribution < 1.29 is 4.79 Å². The molecule has 0 bridgehead atoms. The molecule has 0 aromatic heterocycles. The summed E-state index contributed by atoms with van der Waals surface area (Å²) in [6.07, 6.45) is 2.11. The van der Waals surface area contributed by atoms with Crippen LogP contribution in [0.15, 0.2) is 18.2 Å². The number of hydrogen-bond acceptors (Lipinski definition) is 1. The van der Waals surface area contributed by atoms with Crippen LogP contribution >= 0.6 is 23.2 Å². The molecule has 0 aliphatic carbocycles. The Hall–Kier alpha value is -0.730. The molecule has 0 atom stereocenters. The predicted molar refractivity (Wildman–Crippen MR) is 72.9 cm³/mol. The van der Waals surface area contributed by atoms with Crippen LogP contribution in [0.25, 0.3) is 0 Å². The van der Waals surface area contributed by atoms with E-state index in [0.717, 1.165) is 12.8 Å². The highest BCUT2D eigenvalue weighted by atomic mass is 35.5. The van der Waals surface area contributed by atoms with Gasteiger partial charge >= 0.3 is 0 Å².